The van der Waals surface area contributed by atoms with Gasteiger partial charge in [-0.2, -0.15) is 16.8 Å². The van der Waals surface area contributed by atoms with Gasteiger partial charge in [0.25, 0.3) is 20.2 Å². The van der Waals surface area contributed by atoms with Crippen LogP contribution in [0.25, 0.3) is 0 Å². The Morgan fingerprint density at radius 1 is 0.343 bits per heavy atom. The summed E-state index contributed by atoms with van der Waals surface area (Å²) in [6.07, 6.45) is 27.6. The molecule has 0 spiro atoms. The Morgan fingerprint density at radius 2 is 0.514 bits per heavy atom. The summed E-state index contributed by atoms with van der Waals surface area (Å²) in [5.41, 5.74) is 0. The van der Waals surface area contributed by atoms with Gasteiger partial charge in [-0.3, -0.25) is 9.11 Å². The van der Waals surface area contributed by atoms with Gasteiger partial charge in [-0.25, -0.2) is 0 Å². The summed E-state index contributed by atoms with van der Waals surface area (Å²) < 4.78 is 58.9. The standard InChI is InChI=1S/C14H30O3S.C13H28O3S/c1-2-3-4-5-6-7-8-9-10-11-12-13-14-18(15,16)17;1-2-3-4-5-6-7-8-9-10-11-12-13-17(14,15)16/h2-14H2,1H3,(H,15,16,17);2-13H2,1H3,(H,14,15,16). The van der Waals surface area contributed by atoms with E-state index in [2.05, 4.69) is 13.8 Å². The second-order valence-corrected chi connectivity index (χ2v) is 13.1. The first-order valence-corrected chi connectivity index (χ1v) is 17.7. The third-order valence-electron chi connectivity index (χ3n) is 6.26. The van der Waals surface area contributed by atoms with Crippen molar-refractivity contribution in [3.8, 4) is 0 Å². The van der Waals surface area contributed by atoms with Gasteiger partial charge in [-0.05, 0) is 12.8 Å². The Hall–Kier alpha value is -0.180. The molecular weight excluding hydrogens is 484 g/mol. The molecule has 0 aliphatic heterocycles. The molecular formula is C27H58O6S2. The van der Waals surface area contributed by atoms with Crippen LogP contribution in [0, 0.1) is 0 Å². The van der Waals surface area contributed by atoms with Crippen molar-refractivity contribution >= 4 is 20.2 Å². The average molecular weight is 543 g/mol. The molecule has 8 heteroatoms. The van der Waals surface area contributed by atoms with E-state index in [1.807, 2.05) is 0 Å². The molecule has 0 aromatic heterocycles. The molecule has 0 aromatic rings. The maximum absolute atomic E-state index is 10.5. The molecule has 0 saturated heterocycles. The molecule has 2 N–H and O–H groups in total. The molecule has 0 rings (SSSR count). The van der Waals surface area contributed by atoms with Crippen LogP contribution in [-0.4, -0.2) is 37.4 Å². The second kappa shape index (κ2) is 26.9. The smallest absolute Gasteiger partial charge is 0.264 e. The first kappa shape index (κ1) is 37.0. The molecule has 0 aliphatic rings. The highest BCUT2D eigenvalue weighted by Crippen LogP contribution is 2.13. The molecule has 0 bridgehead atoms. The zero-order valence-electron chi connectivity index (χ0n) is 23.0. The van der Waals surface area contributed by atoms with E-state index in [4.69, 9.17) is 9.11 Å². The van der Waals surface area contributed by atoms with E-state index < -0.39 is 20.2 Å². The molecule has 0 amide bonds. The van der Waals surface area contributed by atoms with Crippen LogP contribution in [0.1, 0.15) is 162 Å². The maximum atomic E-state index is 10.5. The zero-order chi connectivity index (χ0) is 26.7. The van der Waals surface area contributed by atoms with Crippen LogP contribution in [0.2, 0.25) is 0 Å². The zero-order valence-corrected chi connectivity index (χ0v) is 24.7. The molecule has 6 nitrogen and oxygen atoms in total. The van der Waals surface area contributed by atoms with E-state index in [-0.39, 0.29) is 11.5 Å². The van der Waals surface area contributed by atoms with Crippen LogP contribution in [0.4, 0.5) is 0 Å². The van der Waals surface area contributed by atoms with Gasteiger partial charge in [-0.1, -0.05) is 149 Å². The molecule has 0 unspecified atom stereocenters. The van der Waals surface area contributed by atoms with Crippen LogP contribution in [0.3, 0.4) is 0 Å². The highest BCUT2D eigenvalue weighted by atomic mass is 32.2. The van der Waals surface area contributed by atoms with Crippen LogP contribution in [0.5, 0.6) is 0 Å². The van der Waals surface area contributed by atoms with Crippen LogP contribution >= 0.6 is 0 Å². The minimum atomic E-state index is -3.74. The van der Waals surface area contributed by atoms with Crippen molar-refractivity contribution in [1.29, 1.82) is 0 Å². The summed E-state index contributed by atoms with van der Waals surface area (Å²) in [4.78, 5) is 0. The van der Waals surface area contributed by atoms with Gasteiger partial charge in [0.2, 0.25) is 0 Å². The summed E-state index contributed by atoms with van der Waals surface area (Å²) in [5.74, 6) is -0.158. The lowest BCUT2D eigenvalue weighted by molar-refractivity contribution is 0.476. The molecule has 0 heterocycles. The molecule has 0 radical (unpaired) electrons. The first-order chi connectivity index (χ1) is 16.6. The molecule has 0 aromatic carbocycles. The van der Waals surface area contributed by atoms with Crippen LogP contribution in [0.15, 0.2) is 0 Å². The van der Waals surface area contributed by atoms with Gasteiger partial charge in [0.1, 0.15) is 0 Å². The van der Waals surface area contributed by atoms with Gasteiger partial charge in [0.15, 0.2) is 0 Å². The van der Waals surface area contributed by atoms with Crippen molar-refractivity contribution in [2.24, 2.45) is 0 Å². The molecule has 35 heavy (non-hydrogen) atoms. The van der Waals surface area contributed by atoms with Crippen LogP contribution in [-0.2, 0) is 20.2 Å². The Kier molecular flexibility index (Phi) is 28.4. The van der Waals surface area contributed by atoms with Crippen molar-refractivity contribution in [2.45, 2.75) is 162 Å². The molecule has 0 fully saturated rings. The molecule has 214 valence electrons. The van der Waals surface area contributed by atoms with Crippen molar-refractivity contribution in [1.82, 2.24) is 0 Å². The third-order valence-corrected chi connectivity index (χ3v) is 7.87. The van der Waals surface area contributed by atoms with E-state index >= 15 is 0 Å². The number of hydrogen-bond acceptors (Lipinski definition) is 4. The van der Waals surface area contributed by atoms with E-state index in [9.17, 15) is 16.8 Å². The quantitative estimate of drug-likeness (QED) is 0.0881. The topological polar surface area (TPSA) is 109 Å². The minimum Gasteiger partial charge on any atom is -0.286 e. The van der Waals surface area contributed by atoms with Gasteiger partial charge in [0, 0.05) is 0 Å². The number of rotatable bonds is 25. The lowest BCUT2D eigenvalue weighted by Gasteiger charge is -2.02. The van der Waals surface area contributed by atoms with Crippen molar-refractivity contribution in [3.63, 3.8) is 0 Å². The molecule has 0 aliphatic carbocycles. The summed E-state index contributed by atoms with van der Waals surface area (Å²) in [6.45, 7) is 4.47. The normalized spacial score (nSPS) is 11.9. The number of hydrogen-bond donors (Lipinski definition) is 2. The predicted octanol–water partition coefficient (Wildman–Crippen LogP) is 8.76. The highest BCUT2D eigenvalue weighted by molar-refractivity contribution is 7.86. The fourth-order valence-corrected chi connectivity index (χ4v) is 5.21. The average Bonchev–Trinajstić information content (AvgIpc) is 2.77. The lowest BCUT2D eigenvalue weighted by atomic mass is 10.1. The minimum absolute atomic E-state index is 0.0789. The fraction of sp³-hybridized carbons (Fsp3) is 1.00. The van der Waals surface area contributed by atoms with Gasteiger partial charge in [-0.15, -0.1) is 0 Å². The van der Waals surface area contributed by atoms with E-state index in [0.717, 1.165) is 25.7 Å². The van der Waals surface area contributed by atoms with Crippen LogP contribution < -0.4 is 0 Å². The summed E-state index contributed by atoms with van der Waals surface area (Å²) in [6, 6.07) is 0. The summed E-state index contributed by atoms with van der Waals surface area (Å²) in [5, 5.41) is 0. The van der Waals surface area contributed by atoms with E-state index in [1.165, 1.54) is 109 Å². The highest BCUT2D eigenvalue weighted by Gasteiger charge is 2.03. The summed E-state index contributed by atoms with van der Waals surface area (Å²) in [7, 11) is -7.47. The second-order valence-electron chi connectivity index (χ2n) is 10.00. The van der Waals surface area contributed by atoms with E-state index in [1.54, 1.807) is 0 Å². The Bertz CT molecular complexity index is 618. The fourth-order valence-electron chi connectivity index (χ4n) is 4.07. The Balaban J connectivity index is 0. The van der Waals surface area contributed by atoms with Crippen molar-refractivity contribution in [3.05, 3.63) is 0 Å². The van der Waals surface area contributed by atoms with E-state index in [0.29, 0.717) is 12.8 Å². The first-order valence-electron chi connectivity index (χ1n) is 14.5. The molecule has 0 saturated carbocycles. The largest absolute Gasteiger partial charge is 0.286 e. The monoisotopic (exact) mass is 542 g/mol. The van der Waals surface area contributed by atoms with Crippen molar-refractivity contribution < 1.29 is 25.9 Å². The lowest BCUT2D eigenvalue weighted by Crippen LogP contribution is -2.03. The van der Waals surface area contributed by atoms with Gasteiger partial charge in [0.05, 0.1) is 11.5 Å². The van der Waals surface area contributed by atoms with Crippen molar-refractivity contribution in [2.75, 3.05) is 11.5 Å². The SMILES string of the molecule is CCCCCCCCCCCCCCS(=O)(=O)O.CCCCCCCCCCCCCS(=O)(=O)O. The third kappa shape index (κ3) is 41.2. The maximum Gasteiger partial charge on any atom is 0.264 e. The number of unbranched alkanes of at least 4 members (excludes halogenated alkanes) is 21. The predicted molar refractivity (Wildman–Crippen MR) is 150 cm³/mol. The van der Waals surface area contributed by atoms with Gasteiger partial charge >= 0.3 is 0 Å². The molecule has 0 atom stereocenters. The summed E-state index contributed by atoms with van der Waals surface area (Å²) >= 11 is 0. The Labute approximate surface area is 218 Å². The van der Waals surface area contributed by atoms with Gasteiger partial charge < -0.3 is 0 Å². The Morgan fingerprint density at radius 3 is 0.686 bits per heavy atom.